The molecule has 0 radical (unpaired) electrons. The van der Waals surface area contributed by atoms with Crippen molar-refractivity contribution in [1.29, 1.82) is 0 Å². The highest BCUT2D eigenvalue weighted by Gasteiger charge is 2.33. The molecule has 2 aliphatic heterocycles. The van der Waals surface area contributed by atoms with Crippen molar-refractivity contribution in [2.24, 2.45) is 7.05 Å². The van der Waals surface area contributed by atoms with Crippen molar-refractivity contribution in [2.75, 3.05) is 11.4 Å². The topological polar surface area (TPSA) is 67.2 Å². The third-order valence-corrected chi connectivity index (χ3v) is 6.69. The van der Waals surface area contributed by atoms with Crippen LogP contribution in [0.2, 0.25) is 0 Å². The summed E-state index contributed by atoms with van der Waals surface area (Å²) in [6.45, 7) is 6.53. The number of carbonyl (C=O) groups is 1. The second-order valence-corrected chi connectivity index (χ2v) is 8.98. The number of carbonyl (C=O) groups excluding carboxylic acids is 1. The number of aryl methyl sites for hydroxylation is 3. The van der Waals surface area contributed by atoms with Crippen molar-refractivity contribution in [3.05, 3.63) is 70.4 Å². The third-order valence-electron chi connectivity index (χ3n) is 6.69. The minimum Gasteiger partial charge on any atom is -0.292 e. The molecule has 32 heavy (non-hydrogen) atoms. The number of rotatable bonds is 5. The van der Waals surface area contributed by atoms with Crippen LogP contribution in [0, 0.1) is 13.8 Å². The van der Waals surface area contributed by atoms with Gasteiger partial charge in [0, 0.05) is 43.0 Å². The lowest BCUT2D eigenvalue weighted by molar-refractivity contribution is -0.119. The molecule has 7 heteroatoms. The van der Waals surface area contributed by atoms with E-state index in [0.717, 1.165) is 66.5 Å². The smallest absolute Gasteiger partial charge is 0.228 e. The number of benzene rings is 1. The van der Waals surface area contributed by atoms with Crippen LogP contribution >= 0.6 is 0 Å². The predicted octanol–water partition coefficient (Wildman–Crippen LogP) is 3.64. The molecule has 7 nitrogen and oxygen atoms in total. The summed E-state index contributed by atoms with van der Waals surface area (Å²) >= 11 is 0. The fraction of sp³-hybridized carbons (Fsp3) is 0.440. The monoisotopic (exact) mass is 430 g/mol. The number of fused-ring (bicyclic) bond motifs is 1. The van der Waals surface area contributed by atoms with Crippen LogP contribution in [0.5, 0.6) is 0 Å². The Labute approximate surface area is 189 Å². The van der Waals surface area contributed by atoms with Crippen LogP contribution in [0.25, 0.3) is 0 Å². The summed E-state index contributed by atoms with van der Waals surface area (Å²) in [6, 6.07) is 10.3. The van der Waals surface area contributed by atoms with Crippen molar-refractivity contribution in [2.45, 2.75) is 58.7 Å². The van der Waals surface area contributed by atoms with Gasteiger partial charge < -0.3 is 0 Å². The van der Waals surface area contributed by atoms with Crippen LogP contribution < -0.4 is 4.90 Å². The van der Waals surface area contributed by atoms with Gasteiger partial charge in [-0.1, -0.05) is 30.3 Å². The Kier molecular flexibility index (Phi) is 5.51. The summed E-state index contributed by atoms with van der Waals surface area (Å²) in [7, 11) is 1.96. The van der Waals surface area contributed by atoms with Crippen molar-refractivity contribution < 1.29 is 4.79 Å². The lowest BCUT2D eigenvalue weighted by Crippen LogP contribution is -2.37. The lowest BCUT2D eigenvalue weighted by Gasteiger charge is -2.31. The zero-order valence-corrected chi connectivity index (χ0v) is 19.1. The molecular formula is C25H30N6O. The molecule has 0 bridgehead atoms. The van der Waals surface area contributed by atoms with Gasteiger partial charge in [0.1, 0.15) is 11.6 Å². The molecule has 0 N–H and O–H groups in total. The molecule has 2 aromatic heterocycles. The largest absolute Gasteiger partial charge is 0.292 e. The zero-order valence-electron chi connectivity index (χ0n) is 19.1. The van der Waals surface area contributed by atoms with E-state index in [1.54, 1.807) is 0 Å². The third kappa shape index (κ3) is 3.93. The molecule has 1 amide bonds. The Morgan fingerprint density at radius 3 is 2.59 bits per heavy atom. The van der Waals surface area contributed by atoms with Gasteiger partial charge in [-0.25, -0.2) is 9.97 Å². The molecule has 3 aromatic rings. The first kappa shape index (κ1) is 20.8. The summed E-state index contributed by atoms with van der Waals surface area (Å²) in [6.07, 6.45) is 5.48. The summed E-state index contributed by atoms with van der Waals surface area (Å²) in [5, 5.41) is 4.50. The number of hydrogen-bond acceptors (Lipinski definition) is 5. The SMILES string of the molecule is Cc1nn(C)cc1CN1CCC[C@H]1c1nc(C)c2c(n1)N(Cc1ccccc1)C(=O)CC2. The van der Waals surface area contributed by atoms with E-state index in [-0.39, 0.29) is 11.9 Å². The molecule has 2 aliphatic rings. The quantitative estimate of drug-likeness (QED) is 0.618. The molecule has 1 atom stereocenters. The average Bonchev–Trinajstić information content (AvgIpc) is 3.36. The van der Waals surface area contributed by atoms with Gasteiger partial charge in [0.2, 0.25) is 5.91 Å². The van der Waals surface area contributed by atoms with E-state index >= 15 is 0 Å². The molecule has 166 valence electrons. The van der Waals surface area contributed by atoms with Crippen molar-refractivity contribution in [3.8, 4) is 0 Å². The fourth-order valence-electron chi connectivity index (χ4n) is 5.01. The molecule has 0 spiro atoms. The van der Waals surface area contributed by atoms with E-state index in [1.165, 1.54) is 5.56 Å². The first-order chi connectivity index (χ1) is 15.5. The first-order valence-corrected chi connectivity index (χ1v) is 11.4. The lowest BCUT2D eigenvalue weighted by atomic mass is 10.0. The molecule has 1 saturated heterocycles. The number of anilines is 1. The molecule has 0 aliphatic carbocycles. The molecule has 1 fully saturated rings. The van der Waals surface area contributed by atoms with Crippen LogP contribution in [-0.2, 0) is 31.4 Å². The standard InChI is InChI=1S/C25H30N6O/c1-17-20(15-29(3)28-17)16-30-13-7-10-22(30)24-26-18(2)21-11-12-23(32)31(25(21)27-24)14-19-8-5-4-6-9-19/h4-6,8-9,15,22H,7,10-14,16H2,1-3H3/t22-/m0/s1. The normalized spacial score (nSPS) is 18.9. The van der Waals surface area contributed by atoms with Crippen LogP contribution in [0.4, 0.5) is 5.82 Å². The molecular weight excluding hydrogens is 400 g/mol. The highest BCUT2D eigenvalue weighted by atomic mass is 16.2. The fourth-order valence-corrected chi connectivity index (χ4v) is 5.01. The van der Waals surface area contributed by atoms with Crippen molar-refractivity contribution in [3.63, 3.8) is 0 Å². The molecule has 0 unspecified atom stereocenters. The second kappa shape index (κ2) is 8.47. The summed E-state index contributed by atoms with van der Waals surface area (Å²) in [4.78, 5) is 27.2. The number of hydrogen-bond donors (Lipinski definition) is 0. The summed E-state index contributed by atoms with van der Waals surface area (Å²) < 4.78 is 1.88. The molecule has 0 saturated carbocycles. The number of likely N-dealkylation sites (tertiary alicyclic amines) is 1. The number of aromatic nitrogens is 4. The highest BCUT2D eigenvalue weighted by Crippen LogP contribution is 2.36. The molecule has 4 heterocycles. The van der Waals surface area contributed by atoms with Gasteiger partial charge in [0.15, 0.2) is 0 Å². The van der Waals surface area contributed by atoms with Crippen LogP contribution in [0.1, 0.15) is 59.2 Å². The van der Waals surface area contributed by atoms with E-state index < -0.39 is 0 Å². The van der Waals surface area contributed by atoms with E-state index in [1.807, 2.05) is 34.8 Å². The Morgan fingerprint density at radius 2 is 1.84 bits per heavy atom. The first-order valence-electron chi connectivity index (χ1n) is 11.4. The van der Waals surface area contributed by atoms with Gasteiger partial charge in [-0.15, -0.1) is 0 Å². The van der Waals surface area contributed by atoms with E-state index in [4.69, 9.17) is 9.97 Å². The Morgan fingerprint density at radius 1 is 1.03 bits per heavy atom. The van der Waals surface area contributed by atoms with Crippen molar-refractivity contribution in [1.82, 2.24) is 24.6 Å². The van der Waals surface area contributed by atoms with Gasteiger partial charge >= 0.3 is 0 Å². The van der Waals surface area contributed by atoms with Crippen LogP contribution in [0.15, 0.2) is 36.5 Å². The summed E-state index contributed by atoms with van der Waals surface area (Å²) in [5.41, 5.74) is 5.54. The van der Waals surface area contributed by atoms with Crippen LogP contribution in [-0.4, -0.2) is 37.1 Å². The Balaban J connectivity index is 1.47. The Bertz CT molecular complexity index is 1140. The Hall–Kier alpha value is -3.06. The van der Waals surface area contributed by atoms with Gasteiger partial charge in [-0.05, 0) is 45.2 Å². The van der Waals surface area contributed by atoms with Crippen molar-refractivity contribution >= 4 is 11.7 Å². The maximum atomic E-state index is 12.9. The van der Waals surface area contributed by atoms with E-state index in [0.29, 0.717) is 13.0 Å². The van der Waals surface area contributed by atoms with E-state index in [9.17, 15) is 4.79 Å². The highest BCUT2D eigenvalue weighted by molar-refractivity contribution is 5.95. The van der Waals surface area contributed by atoms with Gasteiger partial charge in [-0.2, -0.15) is 5.10 Å². The molecule has 1 aromatic carbocycles. The maximum Gasteiger partial charge on any atom is 0.228 e. The van der Waals surface area contributed by atoms with Crippen LogP contribution in [0.3, 0.4) is 0 Å². The predicted molar refractivity (Wildman–Crippen MR) is 123 cm³/mol. The zero-order chi connectivity index (χ0) is 22.2. The maximum absolute atomic E-state index is 12.9. The van der Waals surface area contributed by atoms with Gasteiger partial charge in [0.25, 0.3) is 0 Å². The second-order valence-electron chi connectivity index (χ2n) is 8.98. The minimum absolute atomic E-state index is 0.139. The number of nitrogens with zero attached hydrogens (tertiary/aromatic N) is 6. The number of amides is 1. The minimum atomic E-state index is 0.139. The summed E-state index contributed by atoms with van der Waals surface area (Å²) in [5.74, 6) is 1.78. The molecule has 5 rings (SSSR count). The average molecular weight is 431 g/mol. The van der Waals surface area contributed by atoms with Gasteiger partial charge in [0.05, 0.1) is 18.3 Å². The van der Waals surface area contributed by atoms with E-state index in [2.05, 4.69) is 42.2 Å². The van der Waals surface area contributed by atoms with Gasteiger partial charge in [-0.3, -0.25) is 19.3 Å².